The highest BCUT2D eigenvalue weighted by atomic mass is 35.5. The van der Waals surface area contributed by atoms with E-state index in [0.717, 1.165) is 6.07 Å². The normalized spacial score (nSPS) is 15.7. The molecule has 1 fully saturated rings. The number of fused-ring (bicyclic) bond motifs is 1. The fraction of sp³-hybridized carbons (Fsp3) is 0.200. The third-order valence-electron chi connectivity index (χ3n) is 7.07. The third-order valence-corrected chi connectivity index (χ3v) is 7.36. The van der Waals surface area contributed by atoms with Crippen molar-refractivity contribution >= 4 is 57.5 Å². The van der Waals surface area contributed by atoms with E-state index in [-0.39, 0.29) is 51.5 Å². The van der Waals surface area contributed by atoms with Gasteiger partial charge in [0.2, 0.25) is 17.7 Å². The minimum Gasteiger partial charge on any atom is -0.323 e. The molecule has 0 bridgehead atoms. The van der Waals surface area contributed by atoms with Crippen molar-refractivity contribution in [3.8, 4) is 0 Å². The molecule has 1 saturated heterocycles. The van der Waals surface area contributed by atoms with Crippen molar-refractivity contribution in [2.75, 3.05) is 10.2 Å². The Labute approximate surface area is 244 Å². The van der Waals surface area contributed by atoms with E-state index >= 15 is 0 Å². The number of rotatable bonds is 6. The first kappa shape index (κ1) is 28.6. The number of carbonyl (C=O) groups is 4. The van der Waals surface area contributed by atoms with Crippen LogP contribution in [0, 0.1) is 12.7 Å². The summed E-state index contributed by atoms with van der Waals surface area (Å²) in [6.07, 6.45) is 0.190. The number of hydrogen-bond acceptors (Lipinski definition) is 6. The molecule has 1 aromatic heterocycles. The van der Waals surface area contributed by atoms with Crippen LogP contribution in [0.2, 0.25) is 5.02 Å². The van der Waals surface area contributed by atoms with Gasteiger partial charge in [0.15, 0.2) is 0 Å². The van der Waals surface area contributed by atoms with Crippen LogP contribution in [0.3, 0.4) is 0 Å². The number of carbonyl (C=O) groups excluding carboxylic acids is 4. The van der Waals surface area contributed by atoms with E-state index in [2.05, 4.69) is 15.6 Å². The predicted octanol–water partition coefficient (Wildman–Crippen LogP) is 4.15. The van der Waals surface area contributed by atoms with Crippen molar-refractivity contribution in [2.45, 2.75) is 38.8 Å². The zero-order valence-corrected chi connectivity index (χ0v) is 23.3. The van der Waals surface area contributed by atoms with Gasteiger partial charge in [-0.05, 0) is 62.7 Å². The van der Waals surface area contributed by atoms with Crippen LogP contribution < -0.4 is 21.1 Å². The summed E-state index contributed by atoms with van der Waals surface area (Å²) in [5, 5.41) is 4.80. The number of hydrogen-bond donors (Lipinski definition) is 2. The molecule has 214 valence electrons. The lowest BCUT2D eigenvalue weighted by Gasteiger charge is -2.29. The fourth-order valence-electron chi connectivity index (χ4n) is 4.98. The number of amides is 4. The minimum atomic E-state index is -1.15. The molecule has 1 aliphatic heterocycles. The van der Waals surface area contributed by atoms with Crippen LogP contribution in [0.25, 0.3) is 10.9 Å². The van der Waals surface area contributed by atoms with Crippen LogP contribution in [0.15, 0.2) is 71.5 Å². The van der Waals surface area contributed by atoms with Gasteiger partial charge in [-0.3, -0.25) is 38.8 Å². The maximum Gasteiger partial charge on any atom is 0.264 e. The average Bonchev–Trinajstić information content (AvgIpc) is 2.96. The Kier molecular flexibility index (Phi) is 7.86. The van der Waals surface area contributed by atoms with E-state index in [1.807, 2.05) is 0 Å². The number of nitrogens with one attached hydrogen (secondary N) is 2. The lowest BCUT2D eigenvalue weighted by Crippen LogP contribution is -2.46. The molecule has 10 nitrogen and oxygen atoms in total. The molecule has 2 atom stereocenters. The fourth-order valence-corrected chi connectivity index (χ4v) is 5.15. The number of nitrogens with zero attached hydrogens (tertiary/aromatic N) is 3. The first-order valence-electron chi connectivity index (χ1n) is 13.1. The minimum absolute atomic E-state index is 0.0547. The first-order valence-corrected chi connectivity index (χ1v) is 13.4. The number of piperidine rings is 1. The Bertz CT molecular complexity index is 1810. The molecule has 1 aliphatic rings. The van der Waals surface area contributed by atoms with E-state index in [1.165, 1.54) is 34.6 Å². The van der Waals surface area contributed by atoms with Gasteiger partial charge in [0.05, 0.1) is 21.6 Å². The second-order valence-corrected chi connectivity index (χ2v) is 10.2. The van der Waals surface area contributed by atoms with Gasteiger partial charge in [-0.2, -0.15) is 0 Å². The van der Waals surface area contributed by atoms with Gasteiger partial charge in [0.25, 0.3) is 11.5 Å². The predicted molar refractivity (Wildman–Crippen MR) is 155 cm³/mol. The van der Waals surface area contributed by atoms with E-state index in [0.29, 0.717) is 0 Å². The lowest BCUT2D eigenvalue weighted by atomic mass is 10.0. The standard InChI is InChI=1S/C30H25ClFN5O5/c1-16(36(19-11-12-21(32)20(31)15-19)29(41)18-7-4-3-5-8-18)27(39)34-23-10-6-9-22-26(23)30(42)37(17(2)33-22)24-13-14-25(38)35-28(24)40/h3-12,15-16,24H,13-14H2,1-2H3,(H,34,39)(H,35,38,40). The van der Waals surface area contributed by atoms with E-state index < -0.39 is 47.1 Å². The number of aryl methyl sites for hydroxylation is 1. The topological polar surface area (TPSA) is 130 Å². The van der Waals surface area contributed by atoms with Crippen LogP contribution in [-0.4, -0.2) is 39.2 Å². The SMILES string of the molecule is Cc1nc2cccc(NC(=O)C(C)N(C(=O)c3ccccc3)c3ccc(F)c(Cl)c3)c2c(=O)n1C1CCC(=O)NC1=O. The second kappa shape index (κ2) is 11.5. The van der Waals surface area contributed by atoms with Gasteiger partial charge in [0, 0.05) is 17.7 Å². The monoisotopic (exact) mass is 589 g/mol. The van der Waals surface area contributed by atoms with Crippen molar-refractivity contribution in [3.05, 3.63) is 99.3 Å². The summed E-state index contributed by atoms with van der Waals surface area (Å²) >= 11 is 6.01. The molecule has 0 radical (unpaired) electrons. The number of anilines is 2. The Morgan fingerprint density at radius 2 is 1.83 bits per heavy atom. The van der Waals surface area contributed by atoms with E-state index in [4.69, 9.17) is 11.6 Å². The summed E-state index contributed by atoms with van der Waals surface area (Å²) in [5.41, 5.74) is 0.308. The van der Waals surface area contributed by atoms with Gasteiger partial charge in [-0.1, -0.05) is 35.9 Å². The number of imide groups is 1. The molecule has 4 amide bonds. The zero-order valence-electron chi connectivity index (χ0n) is 22.6. The maximum atomic E-state index is 14.0. The molecular formula is C30H25ClFN5O5. The van der Waals surface area contributed by atoms with Crippen LogP contribution in [0.1, 0.15) is 42.0 Å². The van der Waals surface area contributed by atoms with Crippen LogP contribution in [0.5, 0.6) is 0 Å². The molecule has 42 heavy (non-hydrogen) atoms. The first-order chi connectivity index (χ1) is 20.1. The smallest absolute Gasteiger partial charge is 0.264 e. The summed E-state index contributed by atoms with van der Waals surface area (Å²) in [6.45, 7) is 3.07. The molecule has 5 rings (SSSR count). The highest BCUT2D eigenvalue weighted by Crippen LogP contribution is 2.28. The molecule has 0 aliphatic carbocycles. The summed E-state index contributed by atoms with van der Waals surface area (Å²) in [6, 6.07) is 14.6. The highest BCUT2D eigenvalue weighted by molar-refractivity contribution is 6.31. The molecule has 0 spiro atoms. The van der Waals surface area contributed by atoms with Gasteiger partial charge in [-0.15, -0.1) is 0 Å². The van der Waals surface area contributed by atoms with Crippen LogP contribution in [-0.2, 0) is 14.4 Å². The molecule has 3 aromatic carbocycles. The van der Waals surface area contributed by atoms with E-state index in [9.17, 15) is 28.4 Å². The van der Waals surface area contributed by atoms with Crippen molar-refractivity contribution < 1.29 is 23.6 Å². The molecule has 4 aromatic rings. The van der Waals surface area contributed by atoms with Crippen LogP contribution >= 0.6 is 11.6 Å². The zero-order chi connectivity index (χ0) is 30.1. The lowest BCUT2D eigenvalue weighted by molar-refractivity contribution is -0.135. The molecule has 2 heterocycles. The molecule has 0 saturated carbocycles. The largest absolute Gasteiger partial charge is 0.323 e. The van der Waals surface area contributed by atoms with E-state index in [1.54, 1.807) is 49.4 Å². The van der Waals surface area contributed by atoms with Gasteiger partial charge < -0.3 is 5.32 Å². The molecule has 2 N–H and O–H groups in total. The Hall–Kier alpha value is -4.90. The third kappa shape index (κ3) is 5.38. The quantitative estimate of drug-likeness (QED) is 0.325. The highest BCUT2D eigenvalue weighted by Gasteiger charge is 2.32. The number of benzene rings is 3. The summed E-state index contributed by atoms with van der Waals surface area (Å²) in [5.74, 6) is -2.63. The summed E-state index contributed by atoms with van der Waals surface area (Å²) in [4.78, 5) is 70.9. The molecule has 12 heteroatoms. The summed E-state index contributed by atoms with van der Waals surface area (Å²) < 4.78 is 15.2. The van der Waals surface area contributed by atoms with Gasteiger partial charge in [-0.25, -0.2) is 9.37 Å². The Morgan fingerprint density at radius 3 is 2.52 bits per heavy atom. The second-order valence-electron chi connectivity index (χ2n) is 9.81. The average molecular weight is 590 g/mol. The van der Waals surface area contributed by atoms with Crippen molar-refractivity contribution in [2.24, 2.45) is 0 Å². The molecule has 2 unspecified atom stereocenters. The number of halogens is 2. The van der Waals surface area contributed by atoms with Crippen molar-refractivity contribution in [3.63, 3.8) is 0 Å². The van der Waals surface area contributed by atoms with Crippen molar-refractivity contribution in [1.82, 2.24) is 14.9 Å². The Balaban J connectivity index is 1.54. The molecular weight excluding hydrogens is 565 g/mol. The van der Waals surface area contributed by atoms with Gasteiger partial charge in [0.1, 0.15) is 23.7 Å². The maximum absolute atomic E-state index is 14.0. The van der Waals surface area contributed by atoms with Gasteiger partial charge >= 0.3 is 0 Å². The number of aromatic nitrogens is 2. The van der Waals surface area contributed by atoms with Crippen molar-refractivity contribution in [1.29, 1.82) is 0 Å². The Morgan fingerprint density at radius 1 is 1.10 bits per heavy atom. The van der Waals surface area contributed by atoms with Crippen LogP contribution in [0.4, 0.5) is 15.8 Å². The summed E-state index contributed by atoms with van der Waals surface area (Å²) in [7, 11) is 0.